The molecule has 146 valence electrons. The van der Waals surface area contributed by atoms with Gasteiger partial charge in [0.2, 0.25) is 12.4 Å². The van der Waals surface area contributed by atoms with E-state index in [-0.39, 0.29) is 24.4 Å². The summed E-state index contributed by atoms with van der Waals surface area (Å²) >= 11 is 0. The van der Waals surface area contributed by atoms with Gasteiger partial charge in [-0.25, -0.2) is 0 Å². The predicted octanol–water partition coefficient (Wildman–Crippen LogP) is 2.74. The molecule has 3 fully saturated rings. The summed E-state index contributed by atoms with van der Waals surface area (Å²) in [6.07, 6.45) is 4.64. The smallest absolute Gasteiger partial charge is 0.348 e. The van der Waals surface area contributed by atoms with Crippen LogP contribution in [-0.2, 0) is 28.1 Å². The Kier molecular flexibility index (Phi) is 4.94. The maximum absolute atomic E-state index is 6.08. The van der Waals surface area contributed by atoms with E-state index in [4.69, 9.17) is 28.1 Å². The first kappa shape index (κ1) is 18.8. The molecule has 1 aromatic carbocycles. The SMILES string of the molecule is CC1(C)O[C@@H]2[C@H](O1)[C@@H]([O+]=[C-]/C=C/c1ccccc1)O[C@@H]2[C@H]1COC(C)(C)O1. The minimum atomic E-state index is -0.701. The molecule has 0 amide bonds. The number of benzene rings is 1. The van der Waals surface area contributed by atoms with E-state index in [1.807, 2.05) is 64.1 Å². The first-order valence-corrected chi connectivity index (χ1v) is 9.29. The van der Waals surface area contributed by atoms with Crippen molar-refractivity contribution in [3.8, 4) is 0 Å². The molecule has 5 atom stereocenters. The summed E-state index contributed by atoms with van der Waals surface area (Å²) in [6, 6.07) is 9.95. The molecule has 0 saturated carbocycles. The lowest BCUT2D eigenvalue weighted by Crippen LogP contribution is -2.40. The van der Waals surface area contributed by atoms with E-state index in [2.05, 4.69) is 6.29 Å². The van der Waals surface area contributed by atoms with Crippen LogP contribution in [0.25, 0.3) is 6.08 Å². The van der Waals surface area contributed by atoms with E-state index in [1.165, 1.54) is 0 Å². The maximum atomic E-state index is 6.08. The van der Waals surface area contributed by atoms with Crippen molar-refractivity contribution in [1.29, 1.82) is 0 Å². The summed E-state index contributed by atoms with van der Waals surface area (Å²) in [7, 11) is 0. The van der Waals surface area contributed by atoms with Crippen LogP contribution in [-0.4, -0.2) is 55.2 Å². The van der Waals surface area contributed by atoms with Crippen molar-refractivity contribution in [2.45, 2.75) is 70.0 Å². The first-order chi connectivity index (χ1) is 12.8. The normalized spacial score (nSPS) is 37.4. The third-order valence-corrected chi connectivity index (χ3v) is 4.77. The summed E-state index contributed by atoms with van der Waals surface area (Å²) in [5, 5.41) is 0. The van der Waals surface area contributed by atoms with Gasteiger partial charge in [-0.1, -0.05) is 30.3 Å². The van der Waals surface area contributed by atoms with E-state index in [0.717, 1.165) is 5.56 Å². The van der Waals surface area contributed by atoms with Crippen molar-refractivity contribution in [2.24, 2.45) is 0 Å². The number of fused-ring (bicyclic) bond motifs is 1. The number of carbonyl (C=O) groups excluding carboxylic acids is 1. The quantitative estimate of drug-likeness (QED) is 0.461. The molecule has 4 rings (SSSR count). The molecule has 1 aromatic rings. The average molecular weight is 374 g/mol. The Bertz CT molecular complexity index is 711. The second-order valence-corrected chi connectivity index (χ2v) is 7.88. The van der Waals surface area contributed by atoms with Gasteiger partial charge in [-0.05, 0) is 27.7 Å². The van der Waals surface area contributed by atoms with Gasteiger partial charge in [-0.15, -0.1) is 11.6 Å². The lowest BCUT2D eigenvalue weighted by Gasteiger charge is -2.25. The van der Waals surface area contributed by atoms with Crippen LogP contribution in [0.4, 0.5) is 0 Å². The van der Waals surface area contributed by atoms with Crippen LogP contribution in [0.1, 0.15) is 33.3 Å². The van der Waals surface area contributed by atoms with Gasteiger partial charge in [0.05, 0.1) is 6.61 Å². The standard InChI is InChI=1S/C21H26O6/c1-20(2)23-13-15(25-20)16-17-18(27-21(3,4)26-17)19(24-16)22-12-8-11-14-9-6-5-7-10-14/h5-11,15-19H,13H2,1-4H3/b11-8+/t15-,16-,17+,18+,19+/m1/s1. The van der Waals surface area contributed by atoms with Crippen LogP contribution in [0, 0.1) is 0 Å². The Morgan fingerprint density at radius 3 is 2.41 bits per heavy atom. The predicted molar refractivity (Wildman–Crippen MR) is 98.6 cm³/mol. The van der Waals surface area contributed by atoms with Gasteiger partial charge >= 0.3 is 6.29 Å². The Balaban J connectivity index is 1.46. The second kappa shape index (κ2) is 7.11. The van der Waals surface area contributed by atoms with Gasteiger partial charge in [0.15, 0.2) is 11.6 Å². The molecule has 6 heteroatoms. The number of hydrogen-bond acceptors (Lipinski definition) is 5. The fourth-order valence-corrected chi connectivity index (χ4v) is 3.66. The highest BCUT2D eigenvalue weighted by molar-refractivity contribution is 5.74. The van der Waals surface area contributed by atoms with Crippen molar-refractivity contribution >= 4 is 12.4 Å². The zero-order valence-corrected chi connectivity index (χ0v) is 16.1. The van der Waals surface area contributed by atoms with E-state index < -0.39 is 17.9 Å². The summed E-state index contributed by atoms with van der Waals surface area (Å²) in [6.45, 7) is 7.99. The molecule has 27 heavy (non-hydrogen) atoms. The Morgan fingerprint density at radius 1 is 0.963 bits per heavy atom. The first-order valence-electron chi connectivity index (χ1n) is 9.29. The molecule has 0 unspecified atom stereocenters. The van der Waals surface area contributed by atoms with Gasteiger partial charge in [-0.2, -0.15) is 6.08 Å². The molecular weight excluding hydrogens is 348 g/mol. The van der Waals surface area contributed by atoms with Gasteiger partial charge in [-0.3, -0.25) is 4.74 Å². The topological polar surface area (TPSA) is 57.5 Å². The molecule has 0 radical (unpaired) electrons. The largest absolute Gasteiger partial charge is 0.387 e. The third-order valence-electron chi connectivity index (χ3n) is 4.77. The third kappa shape index (κ3) is 4.15. The molecule has 0 aliphatic carbocycles. The molecular formula is C21H26O6. The Labute approximate surface area is 159 Å². The van der Waals surface area contributed by atoms with Crippen molar-refractivity contribution in [3.63, 3.8) is 0 Å². The molecule has 3 saturated heterocycles. The molecule has 0 aromatic heterocycles. The van der Waals surface area contributed by atoms with Gasteiger partial charge in [0.25, 0.3) is 0 Å². The fourth-order valence-electron chi connectivity index (χ4n) is 3.66. The molecule has 0 bridgehead atoms. The monoisotopic (exact) mass is 374 g/mol. The summed E-state index contributed by atoms with van der Waals surface area (Å²) < 4.78 is 35.5. The van der Waals surface area contributed by atoms with Gasteiger partial charge in [0.1, 0.15) is 18.3 Å². The van der Waals surface area contributed by atoms with Crippen LogP contribution >= 0.6 is 0 Å². The number of ether oxygens (including phenoxy) is 5. The molecule has 3 aliphatic rings. The zero-order chi connectivity index (χ0) is 19.1. The lowest BCUT2D eigenvalue weighted by molar-refractivity contribution is -0.263. The minimum absolute atomic E-state index is 0.238. The molecule has 0 spiro atoms. The summed E-state index contributed by atoms with van der Waals surface area (Å²) in [4.78, 5) is 0. The molecule has 6 nitrogen and oxygen atoms in total. The minimum Gasteiger partial charge on any atom is -0.348 e. The summed E-state index contributed by atoms with van der Waals surface area (Å²) in [5.41, 5.74) is 1.07. The van der Waals surface area contributed by atoms with E-state index in [1.54, 1.807) is 6.08 Å². The fraction of sp³-hybridized carbons (Fsp3) is 0.571. The Morgan fingerprint density at radius 2 is 1.70 bits per heavy atom. The number of allylic oxidation sites excluding steroid dienone is 1. The van der Waals surface area contributed by atoms with Crippen molar-refractivity contribution in [2.75, 3.05) is 6.61 Å². The van der Waals surface area contributed by atoms with Gasteiger partial charge in [0, 0.05) is 0 Å². The van der Waals surface area contributed by atoms with Crippen LogP contribution in [0.5, 0.6) is 0 Å². The Hall–Kier alpha value is -1.57. The highest BCUT2D eigenvalue weighted by Crippen LogP contribution is 2.41. The van der Waals surface area contributed by atoms with Crippen LogP contribution in [0.15, 0.2) is 36.4 Å². The number of hydrogen-bond donors (Lipinski definition) is 0. The molecule has 0 N–H and O–H groups in total. The van der Waals surface area contributed by atoms with E-state index >= 15 is 0 Å². The van der Waals surface area contributed by atoms with Gasteiger partial charge < -0.3 is 23.4 Å². The average Bonchev–Trinajstić information content (AvgIpc) is 3.23. The van der Waals surface area contributed by atoms with Crippen LogP contribution in [0.3, 0.4) is 0 Å². The van der Waals surface area contributed by atoms with Crippen LogP contribution < -0.4 is 0 Å². The summed E-state index contributed by atoms with van der Waals surface area (Å²) in [5.74, 6) is -1.33. The van der Waals surface area contributed by atoms with Crippen molar-refractivity contribution < 1.29 is 28.1 Å². The highest BCUT2D eigenvalue weighted by Gasteiger charge is 2.62. The van der Waals surface area contributed by atoms with Crippen LogP contribution in [0.2, 0.25) is 0 Å². The number of rotatable bonds is 4. The second-order valence-electron chi connectivity index (χ2n) is 7.88. The van der Waals surface area contributed by atoms with Crippen molar-refractivity contribution in [1.82, 2.24) is 0 Å². The lowest BCUT2D eigenvalue weighted by atomic mass is 10.1. The van der Waals surface area contributed by atoms with Crippen molar-refractivity contribution in [3.05, 3.63) is 42.0 Å². The van der Waals surface area contributed by atoms with E-state index in [9.17, 15) is 0 Å². The zero-order valence-electron chi connectivity index (χ0n) is 16.1. The van der Waals surface area contributed by atoms with E-state index in [0.29, 0.717) is 6.61 Å². The highest BCUT2D eigenvalue weighted by atomic mass is 16.8. The molecule has 3 aliphatic heterocycles. The molecule has 3 heterocycles. The maximum Gasteiger partial charge on any atom is 0.387 e.